The summed E-state index contributed by atoms with van der Waals surface area (Å²) in [6, 6.07) is 6.77. The molecule has 0 fully saturated rings. The van der Waals surface area contributed by atoms with Crippen molar-refractivity contribution in [1.29, 1.82) is 0 Å². The van der Waals surface area contributed by atoms with Crippen LogP contribution in [0.15, 0.2) is 24.3 Å². The molecule has 0 atom stereocenters. The molecule has 0 aliphatic carbocycles. The molecule has 0 saturated carbocycles. The Bertz CT molecular complexity index is 557. The Labute approximate surface area is 136 Å². The quantitative estimate of drug-likeness (QED) is 0.747. The van der Waals surface area contributed by atoms with E-state index in [2.05, 4.69) is 5.32 Å². The number of hydrogen-bond donors (Lipinski definition) is 1. The lowest BCUT2D eigenvalue weighted by molar-refractivity contribution is -0.143. The van der Waals surface area contributed by atoms with E-state index in [1.165, 1.54) is 6.92 Å². The minimum Gasteiger partial charge on any atom is -0.466 e. The van der Waals surface area contributed by atoms with E-state index in [4.69, 9.17) is 4.74 Å². The van der Waals surface area contributed by atoms with Gasteiger partial charge in [-0.2, -0.15) is 0 Å². The van der Waals surface area contributed by atoms with Crippen LogP contribution in [-0.4, -0.2) is 42.4 Å². The number of rotatable bonds is 8. The first kappa shape index (κ1) is 18.7. The van der Waals surface area contributed by atoms with Gasteiger partial charge in [0.25, 0.3) is 5.91 Å². The molecule has 23 heavy (non-hydrogen) atoms. The maximum Gasteiger partial charge on any atom is 0.307 e. The molecule has 126 valence electrons. The second kappa shape index (κ2) is 9.61. The summed E-state index contributed by atoms with van der Waals surface area (Å²) in [5, 5.41) is 2.65. The van der Waals surface area contributed by atoms with E-state index in [9.17, 15) is 14.4 Å². The minimum atomic E-state index is -0.312. The topological polar surface area (TPSA) is 75.7 Å². The Morgan fingerprint density at radius 1 is 1.17 bits per heavy atom. The number of anilines is 1. The Balaban J connectivity index is 2.80. The second-order valence-electron chi connectivity index (χ2n) is 5.11. The number of amides is 2. The highest BCUT2D eigenvalue weighted by atomic mass is 16.5. The van der Waals surface area contributed by atoms with Gasteiger partial charge in [-0.05, 0) is 31.5 Å². The van der Waals surface area contributed by atoms with Crippen LogP contribution < -0.4 is 5.32 Å². The largest absolute Gasteiger partial charge is 0.466 e. The molecule has 1 N–H and O–H groups in total. The number of hydrogen-bond acceptors (Lipinski definition) is 4. The lowest BCUT2D eigenvalue weighted by Crippen LogP contribution is -2.34. The van der Waals surface area contributed by atoms with Crippen molar-refractivity contribution in [3.8, 4) is 0 Å². The van der Waals surface area contributed by atoms with Crippen LogP contribution in [0.5, 0.6) is 0 Å². The van der Waals surface area contributed by atoms with Crippen LogP contribution in [0.2, 0.25) is 0 Å². The zero-order chi connectivity index (χ0) is 17.2. The molecule has 0 aliphatic heterocycles. The Morgan fingerprint density at radius 3 is 2.52 bits per heavy atom. The van der Waals surface area contributed by atoms with Crippen LogP contribution in [0, 0.1) is 0 Å². The summed E-state index contributed by atoms with van der Waals surface area (Å²) < 4.78 is 4.89. The number of nitrogens with zero attached hydrogens (tertiary/aromatic N) is 1. The number of nitrogens with one attached hydrogen (secondary N) is 1. The molecule has 6 heteroatoms. The number of benzene rings is 1. The Kier molecular flexibility index (Phi) is 7.80. The van der Waals surface area contributed by atoms with E-state index in [0.29, 0.717) is 30.9 Å². The molecule has 6 nitrogen and oxygen atoms in total. The van der Waals surface area contributed by atoms with Gasteiger partial charge in [0.2, 0.25) is 5.91 Å². The average Bonchev–Trinajstić information content (AvgIpc) is 2.50. The highest BCUT2D eigenvalue weighted by molar-refractivity contribution is 5.97. The van der Waals surface area contributed by atoms with Gasteiger partial charge in [0.15, 0.2) is 0 Å². The maximum absolute atomic E-state index is 12.6. The fourth-order valence-electron chi connectivity index (χ4n) is 2.16. The van der Waals surface area contributed by atoms with Crippen molar-refractivity contribution in [1.82, 2.24) is 4.90 Å². The maximum atomic E-state index is 12.6. The summed E-state index contributed by atoms with van der Waals surface area (Å²) in [4.78, 5) is 36.8. The first-order valence-electron chi connectivity index (χ1n) is 7.80. The van der Waals surface area contributed by atoms with E-state index in [1.807, 2.05) is 6.92 Å². The fraction of sp³-hybridized carbons (Fsp3) is 0.471. The summed E-state index contributed by atoms with van der Waals surface area (Å²) in [7, 11) is 0. The molecule has 0 saturated heterocycles. The van der Waals surface area contributed by atoms with Crippen molar-refractivity contribution in [2.24, 2.45) is 0 Å². The van der Waals surface area contributed by atoms with Gasteiger partial charge in [-0.1, -0.05) is 13.0 Å². The molecule has 0 radical (unpaired) electrons. The molecule has 0 spiro atoms. The third-order valence-corrected chi connectivity index (χ3v) is 3.10. The Hall–Kier alpha value is -2.37. The smallest absolute Gasteiger partial charge is 0.307 e. The number of carbonyl (C=O) groups excluding carboxylic acids is 3. The second-order valence-corrected chi connectivity index (χ2v) is 5.11. The summed E-state index contributed by atoms with van der Waals surface area (Å²) in [6.07, 6.45) is 0.963. The first-order chi connectivity index (χ1) is 11.0. The normalized spacial score (nSPS) is 10.0. The van der Waals surface area contributed by atoms with Crippen LogP contribution >= 0.6 is 0 Å². The molecule has 0 heterocycles. The molecular formula is C17H24N2O4. The summed E-state index contributed by atoms with van der Waals surface area (Å²) in [6.45, 7) is 6.34. The fourth-order valence-corrected chi connectivity index (χ4v) is 2.16. The monoisotopic (exact) mass is 320 g/mol. The summed E-state index contributed by atoms with van der Waals surface area (Å²) in [5.74, 6) is -0.668. The van der Waals surface area contributed by atoms with Crippen LogP contribution in [0.1, 0.15) is 44.0 Å². The molecular weight excluding hydrogens is 296 g/mol. The average molecular weight is 320 g/mol. The van der Waals surface area contributed by atoms with Crippen LogP contribution in [-0.2, 0) is 14.3 Å². The van der Waals surface area contributed by atoms with Crippen LogP contribution in [0.25, 0.3) is 0 Å². The van der Waals surface area contributed by atoms with Crippen molar-refractivity contribution < 1.29 is 19.1 Å². The van der Waals surface area contributed by atoms with E-state index in [-0.39, 0.29) is 24.2 Å². The standard InChI is InChI=1S/C17H24N2O4/c1-4-10-19(11-9-16(21)23-5-2)17(22)14-7-6-8-15(12-14)18-13(3)20/h6-8,12H,4-5,9-11H2,1-3H3,(H,18,20). The minimum absolute atomic E-state index is 0.164. The predicted octanol–water partition coefficient (Wildman–Crippen LogP) is 2.45. The van der Waals surface area contributed by atoms with Gasteiger partial charge in [-0.15, -0.1) is 0 Å². The predicted molar refractivity (Wildman–Crippen MR) is 88.2 cm³/mol. The summed E-state index contributed by atoms with van der Waals surface area (Å²) in [5.41, 5.74) is 1.05. The molecule has 0 unspecified atom stereocenters. The highest BCUT2D eigenvalue weighted by Crippen LogP contribution is 2.13. The van der Waals surface area contributed by atoms with Crippen molar-refractivity contribution >= 4 is 23.5 Å². The number of carbonyl (C=O) groups is 3. The van der Waals surface area contributed by atoms with Crippen LogP contribution in [0.3, 0.4) is 0 Å². The van der Waals surface area contributed by atoms with Gasteiger partial charge in [0.1, 0.15) is 0 Å². The van der Waals surface area contributed by atoms with E-state index < -0.39 is 0 Å². The van der Waals surface area contributed by atoms with Gasteiger partial charge in [0, 0.05) is 31.3 Å². The van der Waals surface area contributed by atoms with Gasteiger partial charge in [0.05, 0.1) is 13.0 Å². The third kappa shape index (κ3) is 6.50. The lowest BCUT2D eigenvalue weighted by atomic mass is 10.1. The molecule has 2 amide bonds. The van der Waals surface area contributed by atoms with Crippen molar-refractivity contribution in [2.75, 3.05) is 25.0 Å². The highest BCUT2D eigenvalue weighted by Gasteiger charge is 2.17. The molecule has 0 aromatic heterocycles. The zero-order valence-corrected chi connectivity index (χ0v) is 13.9. The van der Waals surface area contributed by atoms with E-state index in [1.54, 1.807) is 36.1 Å². The third-order valence-electron chi connectivity index (χ3n) is 3.10. The van der Waals surface area contributed by atoms with Crippen LogP contribution in [0.4, 0.5) is 5.69 Å². The van der Waals surface area contributed by atoms with E-state index >= 15 is 0 Å². The SMILES string of the molecule is CCCN(CCC(=O)OCC)C(=O)c1cccc(NC(C)=O)c1. The summed E-state index contributed by atoms with van der Waals surface area (Å²) >= 11 is 0. The van der Waals surface area contributed by atoms with Crippen molar-refractivity contribution in [2.45, 2.75) is 33.6 Å². The molecule has 1 aromatic carbocycles. The van der Waals surface area contributed by atoms with Crippen molar-refractivity contribution in [3.63, 3.8) is 0 Å². The number of esters is 1. The molecule has 1 rings (SSSR count). The lowest BCUT2D eigenvalue weighted by Gasteiger charge is -2.22. The zero-order valence-electron chi connectivity index (χ0n) is 13.9. The first-order valence-corrected chi connectivity index (χ1v) is 7.80. The molecule has 0 bridgehead atoms. The van der Waals surface area contributed by atoms with Gasteiger partial charge in [-0.25, -0.2) is 0 Å². The van der Waals surface area contributed by atoms with Gasteiger partial charge >= 0.3 is 5.97 Å². The number of ether oxygens (including phenoxy) is 1. The van der Waals surface area contributed by atoms with Gasteiger partial charge < -0.3 is 15.0 Å². The molecule has 1 aromatic rings. The van der Waals surface area contributed by atoms with Gasteiger partial charge in [-0.3, -0.25) is 14.4 Å². The molecule has 0 aliphatic rings. The van der Waals surface area contributed by atoms with E-state index in [0.717, 1.165) is 6.42 Å². The van der Waals surface area contributed by atoms with Crippen molar-refractivity contribution in [3.05, 3.63) is 29.8 Å². The Morgan fingerprint density at radius 2 is 1.91 bits per heavy atom.